The van der Waals surface area contributed by atoms with Gasteiger partial charge in [-0.1, -0.05) is 0 Å². The molecule has 3 atom stereocenters. The number of ether oxygens (including phenoxy) is 1. The number of aromatic nitrogens is 2. The molecule has 0 spiro atoms. The Balaban J connectivity index is 1.86. The van der Waals surface area contributed by atoms with Crippen LogP contribution in [0.4, 0.5) is 0 Å². The van der Waals surface area contributed by atoms with Gasteiger partial charge in [0.15, 0.2) is 11.5 Å². The predicted molar refractivity (Wildman–Crippen MR) is 57.7 cm³/mol. The lowest BCUT2D eigenvalue weighted by atomic mass is 10.0. The average molecular weight is 263 g/mol. The number of rotatable bonds is 2. The standard InChI is InChI=1S/C11H9N3O5/c15-7-4-6(8(16)10-9(7)19-10)14(18)11(17)5-2-1-3-12-13-5/h1-4,8-10,16,18H. The normalized spacial score (nSPS) is 28.4. The van der Waals surface area contributed by atoms with Crippen molar-refractivity contribution in [2.45, 2.75) is 18.3 Å². The van der Waals surface area contributed by atoms with E-state index in [1.165, 1.54) is 18.3 Å². The van der Waals surface area contributed by atoms with Crippen LogP contribution in [-0.2, 0) is 9.53 Å². The molecular weight excluding hydrogens is 254 g/mol. The second-order valence-corrected chi connectivity index (χ2v) is 4.16. The van der Waals surface area contributed by atoms with Gasteiger partial charge in [-0.15, -0.1) is 5.10 Å². The molecule has 3 unspecified atom stereocenters. The molecule has 2 N–H and O–H groups in total. The summed E-state index contributed by atoms with van der Waals surface area (Å²) in [6.45, 7) is 0. The molecule has 8 nitrogen and oxygen atoms in total. The van der Waals surface area contributed by atoms with E-state index in [4.69, 9.17) is 4.74 Å². The number of hydroxylamine groups is 2. The molecule has 3 rings (SSSR count). The van der Waals surface area contributed by atoms with Gasteiger partial charge in [-0.3, -0.25) is 14.8 Å². The second-order valence-electron chi connectivity index (χ2n) is 4.16. The van der Waals surface area contributed by atoms with Crippen LogP contribution in [0.3, 0.4) is 0 Å². The number of hydrogen-bond donors (Lipinski definition) is 2. The van der Waals surface area contributed by atoms with Crippen LogP contribution in [0.5, 0.6) is 0 Å². The van der Waals surface area contributed by atoms with Crippen LogP contribution >= 0.6 is 0 Å². The molecule has 1 saturated heterocycles. The molecule has 1 amide bonds. The van der Waals surface area contributed by atoms with Crippen molar-refractivity contribution in [3.63, 3.8) is 0 Å². The average Bonchev–Trinajstić information content (AvgIpc) is 3.23. The maximum atomic E-state index is 11.9. The topological polar surface area (TPSA) is 116 Å². The van der Waals surface area contributed by atoms with Gasteiger partial charge >= 0.3 is 5.91 Å². The summed E-state index contributed by atoms with van der Waals surface area (Å²) in [6, 6.07) is 2.83. The number of aliphatic hydroxyl groups is 1. The maximum absolute atomic E-state index is 11.9. The third-order valence-corrected chi connectivity index (χ3v) is 2.94. The Morgan fingerprint density at radius 3 is 2.95 bits per heavy atom. The number of hydrogen-bond acceptors (Lipinski definition) is 7. The fraction of sp³-hybridized carbons (Fsp3) is 0.273. The van der Waals surface area contributed by atoms with Crippen LogP contribution in [0.25, 0.3) is 0 Å². The fourth-order valence-electron chi connectivity index (χ4n) is 1.90. The van der Waals surface area contributed by atoms with Gasteiger partial charge in [0.1, 0.15) is 18.3 Å². The maximum Gasteiger partial charge on any atom is 0.302 e. The first kappa shape index (κ1) is 11.9. The number of aliphatic hydroxyl groups excluding tert-OH is 1. The quantitative estimate of drug-likeness (QED) is 0.395. The first-order valence-electron chi connectivity index (χ1n) is 5.49. The van der Waals surface area contributed by atoms with Crippen LogP contribution in [-0.4, -0.2) is 55.6 Å². The van der Waals surface area contributed by atoms with E-state index in [0.717, 1.165) is 6.08 Å². The first-order valence-corrected chi connectivity index (χ1v) is 5.49. The molecule has 2 heterocycles. The van der Waals surface area contributed by atoms with Gasteiger partial charge in [-0.05, 0) is 12.1 Å². The molecule has 1 aliphatic heterocycles. The summed E-state index contributed by atoms with van der Waals surface area (Å²) in [5, 5.41) is 26.9. The lowest BCUT2D eigenvalue weighted by Crippen LogP contribution is -2.39. The number of fused-ring (bicyclic) bond motifs is 1. The molecule has 98 valence electrons. The highest BCUT2D eigenvalue weighted by Gasteiger charge is 2.54. The Kier molecular flexibility index (Phi) is 2.63. The molecule has 0 radical (unpaired) electrons. The predicted octanol–water partition coefficient (Wildman–Crippen LogP) is -1.10. The minimum Gasteiger partial charge on any atom is -0.384 e. The summed E-state index contributed by atoms with van der Waals surface area (Å²) < 4.78 is 4.94. The Bertz CT molecular complexity index is 573. The third-order valence-electron chi connectivity index (χ3n) is 2.94. The highest BCUT2D eigenvalue weighted by Crippen LogP contribution is 2.35. The van der Waals surface area contributed by atoms with E-state index in [1.54, 1.807) is 0 Å². The van der Waals surface area contributed by atoms with Crippen molar-refractivity contribution in [3.05, 3.63) is 35.8 Å². The van der Waals surface area contributed by atoms with Crippen molar-refractivity contribution in [1.82, 2.24) is 15.3 Å². The Labute approximate surface area is 106 Å². The molecule has 19 heavy (non-hydrogen) atoms. The fourth-order valence-corrected chi connectivity index (χ4v) is 1.90. The van der Waals surface area contributed by atoms with Gasteiger partial charge in [-0.25, -0.2) is 0 Å². The van der Waals surface area contributed by atoms with E-state index >= 15 is 0 Å². The number of carbonyl (C=O) groups is 2. The molecule has 2 aliphatic rings. The number of ketones is 1. The zero-order chi connectivity index (χ0) is 13.6. The summed E-state index contributed by atoms with van der Waals surface area (Å²) >= 11 is 0. The monoisotopic (exact) mass is 263 g/mol. The SMILES string of the molecule is O=C1C=C(N(O)C(=O)c2cccnn2)C(O)C2OC12. The summed E-state index contributed by atoms with van der Waals surface area (Å²) in [5.41, 5.74) is -0.330. The van der Waals surface area contributed by atoms with Crippen molar-refractivity contribution in [3.8, 4) is 0 Å². The Morgan fingerprint density at radius 2 is 2.26 bits per heavy atom. The van der Waals surface area contributed by atoms with E-state index in [9.17, 15) is 19.9 Å². The van der Waals surface area contributed by atoms with E-state index in [-0.39, 0.29) is 16.5 Å². The first-order chi connectivity index (χ1) is 9.09. The third kappa shape index (κ3) is 1.91. The van der Waals surface area contributed by atoms with Gasteiger partial charge in [-0.2, -0.15) is 10.2 Å². The van der Waals surface area contributed by atoms with Crippen molar-refractivity contribution in [2.24, 2.45) is 0 Å². The summed E-state index contributed by atoms with van der Waals surface area (Å²) in [5.74, 6) is -1.28. The zero-order valence-electron chi connectivity index (χ0n) is 9.50. The van der Waals surface area contributed by atoms with Gasteiger partial charge in [0.05, 0.1) is 5.70 Å². The van der Waals surface area contributed by atoms with Crippen molar-refractivity contribution >= 4 is 11.7 Å². The molecular formula is C11H9N3O5. The second kappa shape index (κ2) is 4.19. The van der Waals surface area contributed by atoms with Crippen LogP contribution in [0, 0.1) is 0 Å². The summed E-state index contributed by atoms with van der Waals surface area (Å²) in [7, 11) is 0. The van der Waals surface area contributed by atoms with Gasteiger partial charge in [0, 0.05) is 12.3 Å². The number of epoxide rings is 1. The van der Waals surface area contributed by atoms with Crippen molar-refractivity contribution < 1.29 is 24.6 Å². The molecule has 1 aliphatic carbocycles. The van der Waals surface area contributed by atoms with E-state index in [1.807, 2.05) is 0 Å². The molecule has 8 heteroatoms. The molecule has 0 aromatic carbocycles. The van der Waals surface area contributed by atoms with Gasteiger partial charge in [0.25, 0.3) is 0 Å². The smallest absolute Gasteiger partial charge is 0.302 e. The Hall–Kier alpha value is -2.16. The molecule has 1 aromatic rings. The zero-order valence-corrected chi connectivity index (χ0v) is 9.50. The van der Waals surface area contributed by atoms with E-state index in [2.05, 4.69) is 10.2 Å². The molecule has 0 bridgehead atoms. The van der Waals surface area contributed by atoms with Gasteiger partial charge in [0.2, 0.25) is 0 Å². The van der Waals surface area contributed by atoms with Crippen LogP contribution in [0.1, 0.15) is 10.5 Å². The lowest BCUT2D eigenvalue weighted by Gasteiger charge is -2.22. The van der Waals surface area contributed by atoms with Crippen molar-refractivity contribution in [2.75, 3.05) is 0 Å². The van der Waals surface area contributed by atoms with Crippen LogP contribution < -0.4 is 0 Å². The van der Waals surface area contributed by atoms with E-state index < -0.39 is 30.0 Å². The van der Waals surface area contributed by atoms with Crippen molar-refractivity contribution in [1.29, 1.82) is 0 Å². The number of amides is 1. The highest BCUT2D eigenvalue weighted by atomic mass is 16.6. The van der Waals surface area contributed by atoms with Gasteiger partial charge < -0.3 is 9.84 Å². The molecule has 1 aromatic heterocycles. The Morgan fingerprint density at radius 1 is 1.47 bits per heavy atom. The highest BCUT2D eigenvalue weighted by molar-refractivity contribution is 5.99. The van der Waals surface area contributed by atoms with Crippen LogP contribution in [0.15, 0.2) is 30.1 Å². The van der Waals surface area contributed by atoms with E-state index in [0.29, 0.717) is 0 Å². The lowest BCUT2D eigenvalue weighted by molar-refractivity contribution is -0.116. The summed E-state index contributed by atoms with van der Waals surface area (Å²) in [4.78, 5) is 23.4. The molecule has 1 fully saturated rings. The minimum atomic E-state index is -1.23. The summed E-state index contributed by atoms with van der Waals surface area (Å²) in [6.07, 6.45) is -0.226. The molecule has 0 saturated carbocycles. The number of nitrogens with zero attached hydrogens (tertiary/aromatic N) is 3. The largest absolute Gasteiger partial charge is 0.384 e. The minimum absolute atomic E-state index is 0.107. The number of carbonyl (C=O) groups excluding carboxylic acids is 2. The van der Waals surface area contributed by atoms with Crippen LogP contribution in [0.2, 0.25) is 0 Å².